The Morgan fingerprint density at radius 3 is 2.74 bits per heavy atom. The van der Waals surface area contributed by atoms with Crippen molar-refractivity contribution in [2.24, 2.45) is 0 Å². The number of nitrogens with zero attached hydrogens (tertiary/aromatic N) is 1. The number of aromatic nitrogens is 1. The number of nitrogens with one attached hydrogen (secondary N) is 1. The molecule has 1 N–H and O–H groups in total. The number of benzene rings is 1. The molecule has 0 unspecified atom stereocenters. The summed E-state index contributed by atoms with van der Waals surface area (Å²) in [4.78, 5) is 15.2. The van der Waals surface area contributed by atoms with Crippen molar-refractivity contribution in [3.63, 3.8) is 0 Å². The largest absolute Gasteiger partial charge is 0.487 e. The molecule has 1 aromatic heterocycles. The molecule has 4 heteroatoms. The van der Waals surface area contributed by atoms with Gasteiger partial charge in [-0.25, -0.2) is 0 Å². The fraction of sp³-hybridized carbons (Fsp3) is 0.200. The summed E-state index contributed by atoms with van der Waals surface area (Å²) in [6, 6.07) is 13.6. The second-order valence-corrected chi connectivity index (χ2v) is 4.13. The van der Waals surface area contributed by atoms with E-state index in [-0.39, 0.29) is 5.91 Å². The Morgan fingerprint density at radius 2 is 2.00 bits per heavy atom. The van der Waals surface area contributed by atoms with Gasteiger partial charge in [-0.3, -0.25) is 9.78 Å². The molecule has 0 spiro atoms. The fourth-order valence-electron chi connectivity index (χ4n) is 1.63. The van der Waals surface area contributed by atoms with E-state index in [1.54, 1.807) is 6.20 Å². The number of amides is 1. The topological polar surface area (TPSA) is 51.2 Å². The van der Waals surface area contributed by atoms with E-state index in [9.17, 15) is 4.79 Å². The quantitative estimate of drug-likeness (QED) is 0.893. The number of carbonyl (C=O) groups excluding carboxylic acids is 1. The molecule has 19 heavy (non-hydrogen) atoms. The zero-order valence-electron chi connectivity index (χ0n) is 10.8. The normalized spacial score (nSPS) is 9.95. The van der Waals surface area contributed by atoms with Crippen LogP contribution in [0.1, 0.15) is 18.2 Å². The van der Waals surface area contributed by atoms with Gasteiger partial charge in [0.15, 0.2) is 0 Å². The van der Waals surface area contributed by atoms with E-state index in [4.69, 9.17) is 4.74 Å². The van der Waals surface area contributed by atoms with Crippen LogP contribution in [0, 0.1) is 0 Å². The first kappa shape index (κ1) is 13.1. The predicted octanol–water partition coefficient (Wildman–Crippen LogP) is 2.30. The number of hydrogen-bond acceptors (Lipinski definition) is 3. The first-order chi connectivity index (χ1) is 9.25. The lowest BCUT2D eigenvalue weighted by Crippen LogP contribution is -2.20. The summed E-state index contributed by atoms with van der Waals surface area (Å²) in [5, 5.41) is 2.72. The maximum Gasteiger partial charge on any atom is 0.217 e. The van der Waals surface area contributed by atoms with Gasteiger partial charge in [0.1, 0.15) is 18.1 Å². The standard InChI is InChI=1S/C15H16N2O2/c1-12(18)17-10-14-15(8-5-9-16-14)19-11-13-6-3-2-4-7-13/h2-9H,10-11H2,1H3,(H,17,18). The molecule has 98 valence electrons. The molecule has 2 rings (SSSR count). The number of ether oxygens (including phenoxy) is 1. The van der Waals surface area contributed by atoms with Crippen LogP contribution in [-0.2, 0) is 17.9 Å². The van der Waals surface area contributed by atoms with Gasteiger partial charge in [0, 0.05) is 13.1 Å². The van der Waals surface area contributed by atoms with E-state index in [1.807, 2.05) is 42.5 Å². The molecular weight excluding hydrogens is 240 g/mol. The minimum Gasteiger partial charge on any atom is -0.487 e. The molecule has 1 amide bonds. The minimum atomic E-state index is -0.0836. The number of carbonyl (C=O) groups is 1. The van der Waals surface area contributed by atoms with Crippen LogP contribution < -0.4 is 10.1 Å². The van der Waals surface area contributed by atoms with E-state index < -0.39 is 0 Å². The molecule has 4 nitrogen and oxygen atoms in total. The van der Waals surface area contributed by atoms with Crippen LogP contribution >= 0.6 is 0 Å². The van der Waals surface area contributed by atoms with Crippen LogP contribution in [0.15, 0.2) is 48.7 Å². The van der Waals surface area contributed by atoms with Gasteiger partial charge >= 0.3 is 0 Å². The maximum absolute atomic E-state index is 10.9. The van der Waals surface area contributed by atoms with Crippen molar-refractivity contribution < 1.29 is 9.53 Å². The maximum atomic E-state index is 10.9. The smallest absolute Gasteiger partial charge is 0.217 e. The molecule has 1 aromatic carbocycles. The number of pyridine rings is 1. The molecule has 0 aliphatic heterocycles. The van der Waals surface area contributed by atoms with Crippen LogP contribution in [0.3, 0.4) is 0 Å². The van der Waals surface area contributed by atoms with Crippen molar-refractivity contribution in [2.45, 2.75) is 20.1 Å². The van der Waals surface area contributed by atoms with Gasteiger partial charge in [-0.1, -0.05) is 30.3 Å². The van der Waals surface area contributed by atoms with Crippen molar-refractivity contribution in [1.29, 1.82) is 0 Å². The molecule has 0 saturated heterocycles. The second kappa shape index (κ2) is 6.54. The van der Waals surface area contributed by atoms with Gasteiger partial charge in [-0.05, 0) is 17.7 Å². The van der Waals surface area contributed by atoms with Crippen molar-refractivity contribution in [2.75, 3.05) is 0 Å². The molecule has 0 atom stereocenters. The highest BCUT2D eigenvalue weighted by atomic mass is 16.5. The summed E-state index contributed by atoms with van der Waals surface area (Å²) in [6.07, 6.45) is 1.69. The molecule has 0 fully saturated rings. The first-order valence-electron chi connectivity index (χ1n) is 6.11. The summed E-state index contributed by atoms with van der Waals surface area (Å²) in [7, 11) is 0. The third-order valence-corrected chi connectivity index (χ3v) is 2.59. The van der Waals surface area contributed by atoms with Crippen molar-refractivity contribution in [1.82, 2.24) is 10.3 Å². The van der Waals surface area contributed by atoms with Crippen LogP contribution in [0.2, 0.25) is 0 Å². The lowest BCUT2D eigenvalue weighted by atomic mass is 10.2. The van der Waals surface area contributed by atoms with Crippen molar-refractivity contribution in [3.05, 3.63) is 59.9 Å². The number of rotatable bonds is 5. The number of hydrogen-bond donors (Lipinski definition) is 1. The van der Waals surface area contributed by atoms with Gasteiger partial charge < -0.3 is 10.1 Å². The Bertz CT molecular complexity index is 541. The Balaban J connectivity index is 2.01. The third-order valence-electron chi connectivity index (χ3n) is 2.59. The lowest BCUT2D eigenvalue weighted by Gasteiger charge is -2.10. The highest BCUT2D eigenvalue weighted by Gasteiger charge is 2.05. The molecular formula is C15H16N2O2. The van der Waals surface area contributed by atoms with E-state index in [2.05, 4.69) is 10.3 Å². The van der Waals surface area contributed by atoms with Gasteiger partial charge in [0.25, 0.3) is 0 Å². The van der Waals surface area contributed by atoms with E-state index >= 15 is 0 Å². The SMILES string of the molecule is CC(=O)NCc1ncccc1OCc1ccccc1. The molecule has 0 saturated carbocycles. The summed E-state index contributed by atoms with van der Waals surface area (Å²) in [6.45, 7) is 2.34. The average molecular weight is 256 g/mol. The summed E-state index contributed by atoms with van der Waals surface area (Å²) >= 11 is 0. The van der Waals surface area contributed by atoms with Crippen LogP contribution in [0.5, 0.6) is 5.75 Å². The van der Waals surface area contributed by atoms with Crippen molar-refractivity contribution >= 4 is 5.91 Å². The Labute approximate surface area is 112 Å². The highest BCUT2D eigenvalue weighted by Crippen LogP contribution is 2.16. The molecule has 0 radical (unpaired) electrons. The van der Waals surface area contributed by atoms with Gasteiger partial charge in [0.05, 0.1) is 6.54 Å². The molecule has 0 aliphatic carbocycles. The zero-order valence-corrected chi connectivity index (χ0v) is 10.8. The van der Waals surface area contributed by atoms with Crippen molar-refractivity contribution in [3.8, 4) is 5.75 Å². The third kappa shape index (κ3) is 4.10. The monoisotopic (exact) mass is 256 g/mol. The average Bonchev–Trinajstić information content (AvgIpc) is 2.45. The van der Waals surface area contributed by atoms with Gasteiger partial charge in [0.2, 0.25) is 5.91 Å². The summed E-state index contributed by atoms with van der Waals surface area (Å²) < 4.78 is 5.74. The summed E-state index contributed by atoms with van der Waals surface area (Å²) in [5.41, 5.74) is 1.82. The second-order valence-electron chi connectivity index (χ2n) is 4.13. The van der Waals surface area contributed by atoms with E-state index in [1.165, 1.54) is 6.92 Å². The fourth-order valence-corrected chi connectivity index (χ4v) is 1.63. The van der Waals surface area contributed by atoms with Gasteiger partial charge in [-0.2, -0.15) is 0 Å². The van der Waals surface area contributed by atoms with Crippen LogP contribution in [-0.4, -0.2) is 10.9 Å². The Morgan fingerprint density at radius 1 is 1.21 bits per heavy atom. The van der Waals surface area contributed by atoms with Crippen LogP contribution in [0.25, 0.3) is 0 Å². The first-order valence-corrected chi connectivity index (χ1v) is 6.11. The van der Waals surface area contributed by atoms with Gasteiger partial charge in [-0.15, -0.1) is 0 Å². The van der Waals surface area contributed by atoms with E-state index in [0.717, 1.165) is 11.3 Å². The summed E-state index contributed by atoms with van der Waals surface area (Å²) in [5.74, 6) is 0.611. The van der Waals surface area contributed by atoms with E-state index in [0.29, 0.717) is 18.9 Å². The zero-order chi connectivity index (χ0) is 13.5. The Kier molecular flexibility index (Phi) is 4.50. The minimum absolute atomic E-state index is 0.0836. The highest BCUT2D eigenvalue weighted by molar-refractivity contribution is 5.72. The lowest BCUT2D eigenvalue weighted by molar-refractivity contribution is -0.119. The Hall–Kier alpha value is -2.36. The predicted molar refractivity (Wildman–Crippen MR) is 72.5 cm³/mol. The molecule has 0 bridgehead atoms. The molecule has 0 aliphatic rings. The molecule has 2 aromatic rings. The van der Waals surface area contributed by atoms with Crippen LogP contribution in [0.4, 0.5) is 0 Å². The molecule has 1 heterocycles.